The fourth-order valence-electron chi connectivity index (χ4n) is 4.45. The van der Waals surface area contributed by atoms with Gasteiger partial charge in [-0.2, -0.15) is 0 Å². The Hall–Kier alpha value is -3.03. The molecule has 0 bridgehead atoms. The Kier molecular flexibility index (Phi) is 3.87. The van der Waals surface area contributed by atoms with E-state index in [4.69, 9.17) is 23.7 Å². The van der Waals surface area contributed by atoms with E-state index in [0.717, 1.165) is 0 Å². The van der Waals surface area contributed by atoms with Crippen molar-refractivity contribution in [3.05, 3.63) is 29.0 Å². The summed E-state index contributed by atoms with van der Waals surface area (Å²) in [6.07, 6.45) is 1.60. The van der Waals surface area contributed by atoms with Gasteiger partial charge < -0.3 is 23.7 Å². The molecule has 1 saturated heterocycles. The molecule has 1 fully saturated rings. The maximum absolute atomic E-state index is 13.2. The molecule has 1 aromatic carbocycles. The number of esters is 2. The van der Waals surface area contributed by atoms with Gasteiger partial charge >= 0.3 is 11.9 Å². The molecule has 0 aromatic heterocycles. The predicted molar refractivity (Wildman–Crippen MR) is 89.8 cm³/mol. The molecule has 0 unspecified atom stereocenters. The predicted octanol–water partition coefficient (Wildman–Crippen LogP) is 1.47. The number of ether oxygens (including phenoxy) is 5. The first-order valence-electron chi connectivity index (χ1n) is 8.36. The van der Waals surface area contributed by atoms with Crippen molar-refractivity contribution in [3.63, 3.8) is 0 Å². The average Bonchev–Trinajstić information content (AvgIpc) is 3.13. The summed E-state index contributed by atoms with van der Waals surface area (Å²) in [5.41, 5.74) is 0.900. The Balaban J connectivity index is 1.99. The molecule has 4 atom stereocenters. The Morgan fingerprint density at radius 2 is 1.56 bits per heavy atom. The van der Waals surface area contributed by atoms with Crippen molar-refractivity contribution in [1.29, 1.82) is 0 Å². The number of allylic oxidation sites excluding steroid dienone is 1. The first-order chi connectivity index (χ1) is 13.0. The Morgan fingerprint density at radius 3 is 2.15 bits per heavy atom. The zero-order chi connectivity index (χ0) is 19.5. The number of Topliss-reactive ketones (excluding diaryl/α,β-unsaturated/α-hetero) is 1. The minimum atomic E-state index is -0.860. The molecule has 142 valence electrons. The van der Waals surface area contributed by atoms with Crippen LogP contribution in [-0.4, -0.2) is 46.2 Å². The SMILES string of the molecule is COC1=C[C@H]2C(=O)c3c(cc(OC)c(OC)c3OC)[C@H]2[C@@H]2C(=O)OC(=O)[C@H]12. The third-order valence-corrected chi connectivity index (χ3v) is 5.52. The van der Waals surface area contributed by atoms with E-state index in [9.17, 15) is 14.4 Å². The molecule has 1 heterocycles. The summed E-state index contributed by atoms with van der Waals surface area (Å²) in [6, 6.07) is 1.66. The lowest BCUT2D eigenvalue weighted by molar-refractivity contribution is -0.153. The van der Waals surface area contributed by atoms with Crippen LogP contribution in [0, 0.1) is 17.8 Å². The number of fused-ring (bicyclic) bond motifs is 5. The molecule has 1 aromatic rings. The van der Waals surface area contributed by atoms with Crippen LogP contribution in [0.4, 0.5) is 0 Å². The van der Waals surface area contributed by atoms with Crippen LogP contribution in [0.3, 0.4) is 0 Å². The van der Waals surface area contributed by atoms with E-state index in [-0.39, 0.29) is 17.3 Å². The molecule has 0 saturated carbocycles. The largest absolute Gasteiger partial charge is 0.500 e. The number of hydrogen-bond donors (Lipinski definition) is 0. The molecule has 2 aliphatic carbocycles. The fourth-order valence-corrected chi connectivity index (χ4v) is 4.45. The summed E-state index contributed by atoms with van der Waals surface area (Å²) in [7, 11) is 5.75. The van der Waals surface area contributed by atoms with Gasteiger partial charge in [-0.15, -0.1) is 0 Å². The zero-order valence-corrected chi connectivity index (χ0v) is 15.2. The molecule has 0 spiro atoms. The Labute approximate surface area is 155 Å². The van der Waals surface area contributed by atoms with E-state index < -0.39 is 35.6 Å². The zero-order valence-electron chi connectivity index (χ0n) is 15.2. The maximum atomic E-state index is 13.2. The Bertz CT molecular complexity index is 899. The Morgan fingerprint density at radius 1 is 0.852 bits per heavy atom. The molecule has 4 rings (SSSR count). The number of hydrogen-bond acceptors (Lipinski definition) is 8. The van der Waals surface area contributed by atoms with Crippen LogP contribution < -0.4 is 14.2 Å². The highest BCUT2D eigenvalue weighted by Gasteiger charge is 2.60. The summed E-state index contributed by atoms with van der Waals surface area (Å²) >= 11 is 0. The molecular formula is C19H18O8. The van der Waals surface area contributed by atoms with Crippen molar-refractivity contribution >= 4 is 17.7 Å². The number of benzene rings is 1. The quantitative estimate of drug-likeness (QED) is 0.577. The minimum absolute atomic E-state index is 0.229. The van der Waals surface area contributed by atoms with Gasteiger partial charge in [0.05, 0.1) is 45.8 Å². The highest BCUT2D eigenvalue weighted by Crippen LogP contribution is 2.58. The lowest BCUT2D eigenvalue weighted by Gasteiger charge is -2.30. The summed E-state index contributed by atoms with van der Waals surface area (Å²) in [5.74, 6) is -3.29. The van der Waals surface area contributed by atoms with Gasteiger partial charge in [0.1, 0.15) is 11.7 Å². The third-order valence-electron chi connectivity index (χ3n) is 5.52. The van der Waals surface area contributed by atoms with Crippen LogP contribution in [-0.2, 0) is 19.1 Å². The smallest absolute Gasteiger partial charge is 0.325 e. The summed E-state index contributed by atoms with van der Waals surface area (Å²) in [6.45, 7) is 0. The van der Waals surface area contributed by atoms with Gasteiger partial charge in [0.2, 0.25) is 5.75 Å². The highest BCUT2D eigenvalue weighted by molar-refractivity contribution is 6.10. The van der Waals surface area contributed by atoms with E-state index in [1.165, 1.54) is 28.4 Å². The number of cyclic esters (lactones) is 2. The molecule has 27 heavy (non-hydrogen) atoms. The number of methoxy groups -OCH3 is 4. The second-order valence-electron chi connectivity index (χ2n) is 6.54. The minimum Gasteiger partial charge on any atom is -0.500 e. The van der Waals surface area contributed by atoms with Crippen molar-refractivity contribution in [2.24, 2.45) is 17.8 Å². The first kappa shape index (κ1) is 17.4. The van der Waals surface area contributed by atoms with Crippen molar-refractivity contribution in [1.82, 2.24) is 0 Å². The molecule has 0 radical (unpaired) electrons. The van der Waals surface area contributed by atoms with Gasteiger partial charge in [-0.1, -0.05) is 0 Å². The second kappa shape index (κ2) is 6.00. The molecular weight excluding hydrogens is 356 g/mol. The normalized spacial score (nSPS) is 28.0. The molecule has 3 aliphatic rings. The highest BCUT2D eigenvalue weighted by atomic mass is 16.6. The van der Waals surface area contributed by atoms with Crippen molar-refractivity contribution in [2.75, 3.05) is 28.4 Å². The second-order valence-corrected chi connectivity index (χ2v) is 6.54. The first-order valence-corrected chi connectivity index (χ1v) is 8.36. The monoisotopic (exact) mass is 374 g/mol. The van der Waals surface area contributed by atoms with Crippen LogP contribution >= 0.6 is 0 Å². The van der Waals surface area contributed by atoms with E-state index >= 15 is 0 Å². The van der Waals surface area contributed by atoms with Gasteiger partial charge in [0, 0.05) is 5.92 Å². The molecule has 1 aliphatic heterocycles. The number of rotatable bonds is 4. The summed E-state index contributed by atoms with van der Waals surface area (Å²) in [4.78, 5) is 37.8. The van der Waals surface area contributed by atoms with Crippen LogP contribution in [0.25, 0.3) is 0 Å². The summed E-state index contributed by atoms with van der Waals surface area (Å²) in [5, 5.41) is 0. The molecule has 0 N–H and O–H groups in total. The van der Waals surface area contributed by atoms with Crippen molar-refractivity contribution < 1.29 is 38.1 Å². The van der Waals surface area contributed by atoms with Gasteiger partial charge in [-0.05, 0) is 17.7 Å². The van der Waals surface area contributed by atoms with E-state index in [0.29, 0.717) is 22.6 Å². The lowest BCUT2D eigenvalue weighted by atomic mass is 9.70. The average molecular weight is 374 g/mol. The third kappa shape index (κ3) is 2.12. The molecule has 8 nitrogen and oxygen atoms in total. The number of carbonyl (C=O) groups is 3. The fraction of sp³-hybridized carbons (Fsp3) is 0.421. The van der Waals surface area contributed by atoms with Crippen LogP contribution in [0.5, 0.6) is 17.2 Å². The van der Waals surface area contributed by atoms with Crippen molar-refractivity contribution in [2.45, 2.75) is 5.92 Å². The number of ketones is 1. The maximum Gasteiger partial charge on any atom is 0.325 e. The topological polar surface area (TPSA) is 97.4 Å². The summed E-state index contributed by atoms with van der Waals surface area (Å²) < 4.78 is 26.4. The molecule has 8 heteroatoms. The van der Waals surface area contributed by atoms with Gasteiger partial charge in [-0.3, -0.25) is 14.4 Å². The van der Waals surface area contributed by atoms with Gasteiger partial charge in [-0.25, -0.2) is 0 Å². The van der Waals surface area contributed by atoms with Crippen molar-refractivity contribution in [3.8, 4) is 17.2 Å². The van der Waals surface area contributed by atoms with Crippen LogP contribution in [0.1, 0.15) is 21.8 Å². The van der Waals surface area contributed by atoms with Gasteiger partial charge in [0.25, 0.3) is 0 Å². The van der Waals surface area contributed by atoms with E-state index in [1.54, 1.807) is 12.1 Å². The van der Waals surface area contributed by atoms with E-state index in [1.807, 2.05) is 0 Å². The molecule has 0 amide bonds. The van der Waals surface area contributed by atoms with E-state index in [2.05, 4.69) is 0 Å². The van der Waals surface area contributed by atoms with Gasteiger partial charge in [0.15, 0.2) is 17.3 Å². The number of carbonyl (C=O) groups excluding carboxylic acids is 3. The van der Waals surface area contributed by atoms with Crippen LogP contribution in [0.2, 0.25) is 0 Å². The standard InChI is InChI=1S/C19H18O8/c1-23-9-6-8-11(14-13(9)18(21)27-19(14)22)7-5-10(24-2)16(25-3)17(26-4)12(7)15(8)20/h5-6,8,11,13-14H,1-4H3/t8-,11-,13-,14+/m1/s1. The van der Waals surface area contributed by atoms with Crippen LogP contribution in [0.15, 0.2) is 17.9 Å². The lowest BCUT2D eigenvalue weighted by Crippen LogP contribution is -2.34.